The lowest BCUT2D eigenvalue weighted by Crippen LogP contribution is -2.16. The van der Waals surface area contributed by atoms with E-state index in [4.69, 9.17) is 16.6 Å². The molecule has 0 amide bonds. The Kier molecular flexibility index (Phi) is 4.03. The van der Waals surface area contributed by atoms with Gasteiger partial charge in [-0.2, -0.15) is 0 Å². The van der Waals surface area contributed by atoms with Gasteiger partial charge < -0.3 is 4.57 Å². The van der Waals surface area contributed by atoms with Crippen LogP contribution in [0.15, 0.2) is 18.2 Å². The molecule has 1 heterocycles. The van der Waals surface area contributed by atoms with Crippen molar-refractivity contribution < 1.29 is 0 Å². The van der Waals surface area contributed by atoms with Crippen molar-refractivity contribution in [2.24, 2.45) is 5.92 Å². The van der Waals surface area contributed by atoms with E-state index in [2.05, 4.69) is 52.3 Å². The maximum Gasteiger partial charge on any atom is 0.125 e. The number of rotatable bonds is 3. The average molecular weight is 389 g/mol. The van der Waals surface area contributed by atoms with E-state index in [1.807, 2.05) is 0 Å². The highest BCUT2D eigenvalue weighted by Crippen LogP contribution is 2.36. The number of fused-ring (bicyclic) bond motifs is 1. The number of halogens is 2. The van der Waals surface area contributed by atoms with Gasteiger partial charge in [-0.3, -0.25) is 0 Å². The second-order valence-corrected chi connectivity index (χ2v) is 6.96. The fraction of sp³-hybridized carbons (Fsp3) is 0.533. The minimum absolute atomic E-state index is 0.488. The Bertz CT molecular complexity index is 587. The maximum atomic E-state index is 6.11. The molecule has 1 aliphatic carbocycles. The van der Waals surface area contributed by atoms with E-state index in [1.54, 1.807) is 0 Å². The first-order chi connectivity index (χ1) is 9.20. The molecule has 2 nitrogen and oxygen atoms in total. The summed E-state index contributed by atoms with van der Waals surface area (Å²) in [6.45, 7) is 2.32. The SMILES string of the molecule is CC(C1CCCC1)n1c(CCl)nc2cc(I)ccc21. The third kappa shape index (κ3) is 2.51. The van der Waals surface area contributed by atoms with Crippen LogP contribution in [-0.2, 0) is 5.88 Å². The zero-order chi connectivity index (χ0) is 13.4. The van der Waals surface area contributed by atoms with Crippen LogP contribution in [0.5, 0.6) is 0 Å². The molecule has 0 aliphatic heterocycles. The van der Waals surface area contributed by atoms with Crippen molar-refractivity contribution in [1.29, 1.82) is 0 Å². The third-order valence-electron chi connectivity index (χ3n) is 4.33. The van der Waals surface area contributed by atoms with E-state index < -0.39 is 0 Å². The molecule has 1 saturated carbocycles. The number of aromatic nitrogens is 2. The van der Waals surface area contributed by atoms with Crippen molar-refractivity contribution >= 4 is 45.2 Å². The highest BCUT2D eigenvalue weighted by atomic mass is 127. The molecule has 4 heteroatoms. The number of hydrogen-bond donors (Lipinski definition) is 0. The molecule has 0 spiro atoms. The summed E-state index contributed by atoms with van der Waals surface area (Å²) in [5.41, 5.74) is 2.31. The molecule has 3 rings (SSSR count). The van der Waals surface area contributed by atoms with Crippen molar-refractivity contribution in [3.63, 3.8) is 0 Å². The lowest BCUT2D eigenvalue weighted by molar-refractivity contribution is 0.362. The van der Waals surface area contributed by atoms with E-state index in [0.717, 1.165) is 17.3 Å². The summed E-state index contributed by atoms with van der Waals surface area (Å²) in [5, 5.41) is 0. The van der Waals surface area contributed by atoms with Gasteiger partial charge in [-0.15, -0.1) is 11.6 Å². The number of alkyl halides is 1. The molecule has 1 aromatic heterocycles. The summed E-state index contributed by atoms with van der Waals surface area (Å²) in [4.78, 5) is 4.71. The van der Waals surface area contributed by atoms with E-state index in [9.17, 15) is 0 Å². The minimum atomic E-state index is 0.488. The highest BCUT2D eigenvalue weighted by molar-refractivity contribution is 14.1. The smallest absolute Gasteiger partial charge is 0.125 e. The zero-order valence-corrected chi connectivity index (χ0v) is 14.0. The molecule has 1 unspecified atom stereocenters. The lowest BCUT2D eigenvalue weighted by atomic mass is 9.99. The largest absolute Gasteiger partial charge is 0.324 e. The van der Waals surface area contributed by atoms with Crippen LogP contribution in [0.2, 0.25) is 0 Å². The number of imidazole rings is 1. The summed E-state index contributed by atoms with van der Waals surface area (Å²) in [6, 6.07) is 6.98. The molecule has 1 aromatic carbocycles. The first-order valence-electron chi connectivity index (χ1n) is 6.93. The van der Waals surface area contributed by atoms with Crippen molar-refractivity contribution in [2.75, 3.05) is 0 Å². The van der Waals surface area contributed by atoms with Crippen LogP contribution in [0.4, 0.5) is 0 Å². The van der Waals surface area contributed by atoms with Crippen LogP contribution >= 0.6 is 34.2 Å². The van der Waals surface area contributed by atoms with Gasteiger partial charge in [-0.05, 0) is 66.5 Å². The molecule has 1 aliphatic rings. The number of hydrogen-bond acceptors (Lipinski definition) is 1. The number of nitrogens with zero attached hydrogens (tertiary/aromatic N) is 2. The van der Waals surface area contributed by atoms with Crippen LogP contribution in [0.25, 0.3) is 11.0 Å². The van der Waals surface area contributed by atoms with Gasteiger partial charge in [-0.25, -0.2) is 4.98 Å². The predicted octanol–water partition coefficient (Wildman–Crippen LogP) is 5.13. The number of benzene rings is 1. The first-order valence-corrected chi connectivity index (χ1v) is 8.54. The average Bonchev–Trinajstić information content (AvgIpc) is 3.04. The van der Waals surface area contributed by atoms with E-state index in [-0.39, 0.29) is 0 Å². The summed E-state index contributed by atoms with van der Waals surface area (Å²) >= 11 is 8.44. The van der Waals surface area contributed by atoms with Gasteiger partial charge in [0.25, 0.3) is 0 Å². The van der Waals surface area contributed by atoms with Gasteiger partial charge in [0.2, 0.25) is 0 Å². The Morgan fingerprint density at radius 1 is 1.42 bits per heavy atom. The normalized spacial score (nSPS) is 18.3. The van der Waals surface area contributed by atoms with Gasteiger partial charge in [-0.1, -0.05) is 12.8 Å². The molecule has 0 saturated heterocycles. The Balaban J connectivity index is 2.09. The fourth-order valence-electron chi connectivity index (χ4n) is 3.32. The van der Waals surface area contributed by atoms with E-state index in [1.165, 1.54) is 34.8 Å². The molecule has 0 N–H and O–H groups in total. The predicted molar refractivity (Wildman–Crippen MR) is 88.7 cm³/mol. The summed E-state index contributed by atoms with van der Waals surface area (Å²) in [6.07, 6.45) is 5.42. The molecular formula is C15H18ClIN2. The standard InChI is InChI=1S/C15H18ClIN2/c1-10(11-4-2-3-5-11)19-14-7-6-12(17)8-13(14)18-15(19)9-16/h6-8,10-11H,2-5,9H2,1H3. The van der Waals surface area contributed by atoms with E-state index >= 15 is 0 Å². The van der Waals surface area contributed by atoms with Crippen LogP contribution < -0.4 is 0 Å². The Labute approximate surface area is 132 Å². The van der Waals surface area contributed by atoms with Crippen LogP contribution in [0.3, 0.4) is 0 Å². The first kappa shape index (κ1) is 13.7. The molecule has 0 bridgehead atoms. The quantitative estimate of drug-likeness (QED) is 0.526. The molecule has 102 valence electrons. The van der Waals surface area contributed by atoms with Crippen LogP contribution in [0, 0.1) is 9.49 Å². The molecule has 19 heavy (non-hydrogen) atoms. The second-order valence-electron chi connectivity index (χ2n) is 5.45. The van der Waals surface area contributed by atoms with Crippen molar-refractivity contribution in [1.82, 2.24) is 9.55 Å². The Morgan fingerprint density at radius 2 is 2.16 bits per heavy atom. The molecule has 1 atom stereocenters. The van der Waals surface area contributed by atoms with E-state index in [0.29, 0.717) is 11.9 Å². The van der Waals surface area contributed by atoms with Crippen molar-refractivity contribution in [2.45, 2.75) is 44.5 Å². The van der Waals surface area contributed by atoms with Gasteiger partial charge in [0.1, 0.15) is 5.82 Å². The third-order valence-corrected chi connectivity index (χ3v) is 5.24. The Morgan fingerprint density at radius 3 is 2.84 bits per heavy atom. The van der Waals surface area contributed by atoms with Crippen molar-refractivity contribution in [3.05, 3.63) is 27.6 Å². The second kappa shape index (κ2) is 5.60. The summed E-state index contributed by atoms with van der Waals surface area (Å²) in [7, 11) is 0. The minimum Gasteiger partial charge on any atom is -0.324 e. The monoisotopic (exact) mass is 388 g/mol. The molecule has 1 fully saturated rings. The Hall–Kier alpha value is -0.290. The molecule has 0 radical (unpaired) electrons. The molecular weight excluding hydrogens is 371 g/mol. The topological polar surface area (TPSA) is 17.8 Å². The van der Waals surface area contributed by atoms with Gasteiger partial charge in [0, 0.05) is 9.61 Å². The lowest BCUT2D eigenvalue weighted by Gasteiger charge is -2.23. The van der Waals surface area contributed by atoms with Crippen LogP contribution in [0.1, 0.15) is 44.5 Å². The summed E-state index contributed by atoms with van der Waals surface area (Å²) < 4.78 is 3.60. The van der Waals surface area contributed by atoms with Gasteiger partial charge >= 0.3 is 0 Å². The van der Waals surface area contributed by atoms with Crippen LogP contribution in [-0.4, -0.2) is 9.55 Å². The zero-order valence-electron chi connectivity index (χ0n) is 11.1. The van der Waals surface area contributed by atoms with Gasteiger partial charge in [0.15, 0.2) is 0 Å². The maximum absolute atomic E-state index is 6.11. The van der Waals surface area contributed by atoms with Gasteiger partial charge in [0.05, 0.1) is 16.9 Å². The van der Waals surface area contributed by atoms with Crippen molar-refractivity contribution in [3.8, 4) is 0 Å². The highest BCUT2D eigenvalue weighted by Gasteiger charge is 2.25. The molecule has 2 aromatic rings. The summed E-state index contributed by atoms with van der Waals surface area (Å²) in [5.74, 6) is 2.28. The fourth-order valence-corrected chi connectivity index (χ4v) is 3.98.